The highest BCUT2D eigenvalue weighted by Gasteiger charge is 2.49. The van der Waals surface area contributed by atoms with Crippen molar-refractivity contribution in [1.29, 1.82) is 0 Å². The maximum absolute atomic E-state index is 11.1. The summed E-state index contributed by atoms with van der Waals surface area (Å²) < 4.78 is 19.6. The Bertz CT molecular complexity index is 408. The summed E-state index contributed by atoms with van der Waals surface area (Å²) in [5.74, 6) is -2.06. The van der Waals surface area contributed by atoms with Crippen LogP contribution >= 0.6 is 0 Å². The van der Waals surface area contributed by atoms with E-state index in [1.54, 1.807) is 0 Å². The van der Waals surface area contributed by atoms with Gasteiger partial charge >= 0.3 is 17.9 Å². The molecule has 9 heteroatoms. The van der Waals surface area contributed by atoms with Crippen LogP contribution in [0.4, 0.5) is 0 Å². The fourth-order valence-corrected chi connectivity index (χ4v) is 1.90. The molecule has 21 heavy (non-hydrogen) atoms. The lowest BCUT2D eigenvalue weighted by Crippen LogP contribution is -2.61. The van der Waals surface area contributed by atoms with Crippen molar-refractivity contribution in [3.05, 3.63) is 0 Å². The number of carbonyl (C=O) groups is 3. The second-order valence-corrected chi connectivity index (χ2v) is 4.51. The summed E-state index contributed by atoms with van der Waals surface area (Å²) in [5.41, 5.74) is 0. The number of rotatable bonds is 4. The van der Waals surface area contributed by atoms with Gasteiger partial charge in [-0.1, -0.05) is 0 Å². The normalized spacial score (nSPS) is 32.1. The molecule has 1 saturated heterocycles. The van der Waals surface area contributed by atoms with Crippen molar-refractivity contribution < 1.29 is 43.5 Å². The zero-order valence-electron chi connectivity index (χ0n) is 11.8. The summed E-state index contributed by atoms with van der Waals surface area (Å²) in [6, 6.07) is 0. The van der Waals surface area contributed by atoms with Crippen molar-refractivity contribution in [2.24, 2.45) is 0 Å². The predicted molar refractivity (Wildman–Crippen MR) is 64.6 cm³/mol. The van der Waals surface area contributed by atoms with Gasteiger partial charge in [0.2, 0.25) is 0 Å². The summed E-state index contributed by atoms with van der Waals surface area (Å²) in [4.78, 5) is 33.1. The van der Waals surface area contributed by atoms with E-state index in [-0.39, 0.29) is 6.61 Å². The number of ether oxygens (including phenoxy) is 4. The lowest BCUT2D eigenvalue weighted by atomic mass is 9.98. The van der Waals surface area contributed by atoms with Gasteiger partial charge < -0.3 is 29.2 Å². The van der Waals surface area contributed by atoms with E-state index in [0.29, 0.717) is 0 Å². The van der Waals surface area contributed by atoms with Gasteiger partial charge in [-0.05, 0) is 0 Å². The maximum atomic E-state index is 11.1. The molecule has 1 aliphatic rings. The van der Waals surface area contributed by atoms with Crippen LogP contribution in [0.25, 0.3) is 0 Å². The molecule has 1 aliphatic heterocycles. The van der Waals surface area contributed by atoms with Crippen molar-refractivity contribution in [3.8, 4) is 0 Å². The van der Waals surface area contributed by atoms with E-state index < -0.39 is 48.6 Å². The molecule has 1 heterocycles. The molecule has 0 aromatic carbocycles. The Morgan fingerprint density at radius 1 is 0.952 bits per heavy atom. The van der Waals surface area contributed by atoms with Crippen LogP contribution in [0.2, 0.25) is 0 Å². The molecule has 0 aliphatic carbocycles. The second-order valence-electron chi connectivity index (χ2n) is 4.51. The monoisotopic (exact) mass is 306 g/mol. The van der Waals surface area contributed by atoms with Gasteiger partial charge in [0.05, 0.1) is 0 Å². The molecule has 2 unspecified atom stereocenters. The van der Waals surface area contributed by atoms with Crippen LogP contribution in [0.3, 0.4) is 0 Å². The Balaban J connectivity index is 2.94. The maximum Gasteiger partial charge on any atom is 0.303 e. The van der Waals surface area contributed by atoms with Gasteiger partial charge in [-0.3, -0.25) is 14.4 Å². The van der Waals surface area contributed by atoms with Gasteiger partial charge in [0.1, 0.15) is 18.8 Å². The zero-order valence-corrected chi connectivity index (χ0v) is 11.8. The SMILES string of the molecule is CC(=O)OCC1O[C@@H](O)C(O)[C@@H](OC(C)=O)[C@@H]1OC(C)=O. The molecule has 1 fully saturated rings. The first-order valence-electron chi connectivity index (χ1n) is 6.21. The van der Waals surface area contributed by atoms with Gasteiger partial charge in [0, 0.05) is 20.8 Å². The van der Waals surface area contributed by atoms with Gasteiger partial charge in [-0.25, -0.2) is 0 Å². The predicted octanol–water partition coefficient (Wildman–Crippen LogP) is -1.51. The minimum Gasteiger partial charge on any atom is -0.463 e. The minimum absolute atomic E-state index is 0.338. The Labute approximate surface area is 120 Å². The molecule has 5 atom stereocenters. The Kier molecular flexibility index (Phi) is 6.06. The second kappa shape index (κ2) is 7.34. The average Bonchev–Trinajstić information content (AvgIpc) is 2.35. The van der Waals surface area contributed by atoms with Gasteiger partial charge in [-0.15, -0.1) is 0 Å². The van der Waals surface area contributed by atoms with Crippen LogP contribution in [0.15, 0.2) is 0 Å². The number of aliphatic hydroxyl groups is 2. The van der Waals surface area contributed by atoms with Crippen molar-refractivity contribution in [2.75, 3.05) is 6.61 Å². The van der Waals surface area contributed by atoms with E-state index in [9.17, 15) is 24.6 Å². The third-order valence-corrected chi connectivity index (χ3v) is 2.69. The fourth-order valence-electron chi connectivity index (χ4n) is 1.90. The first kappa shape index (κ1) is 17.3. The van der Waals surface area contributed by atoms with Crippen LogP contribution in [0, 0.1) is 0 Å². The smallest absolute Gasteiger partial charge is 0.303 e. The molecular formula is C12H18O9. The number of carbonyl (C=O) groups excluding carboxylic acids is 3. The molecular weight excluding hydrogens is 288 g/mol. The van der Waals surface area contributed by atoms with Crippen LogP contribution in [0.1, 0.15) is 20.8 Å². The minimum atomic E-state index is -1.68. The number of esters is 3. The first-order valence-corrected chi connectivity index (χ1v) is 6.21. The molecule has 0 saturated carbocycles. The Morgan fingerprint density at radius 2 is 1.48 bits per heavy atom. The van der Waals surface area contributed by atoms with Crippen molar-refractivity contribution in [1.82, 2.24) is 0 Å². The number of hydrogen-bond donors (Lipinski definition) is 2. The Morgan fingerprint density at radius 3 is 1.95 bits per heavy atom. The topological polar surface area (TPSA) is 129 Å². The molecule has 2 N–H and O–H groups in total. The van der Waals surface area contributed by atoms with E-state index in [4.69, 9.17) is 18.9 Å². The van der Waals surface area contributed by atoms with Crippen molar-refractivity contribution >= 4 is 17.9 Å². The highest BCUT2D eigenvalue weighted by Crippen LogP contribution is 2.25. The summed E-state index contributed by atoms with van der Waals surface area (Å²) in [6.45, 7) is 3.04. The van der Waals surface area contributed by atoms with Crippen LogP contribution in [-0.2, 0) is 33.3 Å². The van der Waals surface area contributed by atoms with Crippen LogP contribution in [0.5, 0.6) is 0 Å². The number of hydrogen-bond acceptors (Lipinski definition) is 9. The fraction of sp³-hybridized carbons (Fsp3) is 0.750. The molecule has 120 valence electrons. The molecule has 0 aromatic rings. The third kappa shape index (κ3) is 4.96. The van der Waals surface area contributed by atoms with E-state index in [1.807, 2.05) is 0 Å². The standard InChI is InChI=1S/C12H18O9/c1-5(13)18-4-8-10(19-6(2)14)11(20-7(3)15)9(16)12(17)21-8/h8-12,16-17H,4H2,1-3H3/t8?,9?,10-,11-,12-/m1/s1. The van der Waals surface area contributed by atoms with E-state index in [1.165, 1.54) is 6.92 Å². The van der Waals surface area contributed by atoms with Crippen LogP contribution < -0.4 is 0 Å². The summed E-state index contributed by atoms with van der Waals surface area (Å²) >= 11 is 0. The molecule has 0 amide bonds. The van der Waals surface area contributed by atoms with E-state index >= 15 is 0 Å². The Hall–Kier alpha value is -1.71. The molecule has 0 bridgehead atoms. The molecule has 1 rings (SSSR count). The molecule has 0 radical (unpaired) electrons. The zero-order chi connectivity index (χ0) is 16.2. The summed E-state index contributed by atoms with van der Waals surface area (Å²) in [7, 11) is 0. The molecule has 0 spiro atoms. The highest BCUT2D eigenvalue weighted by atomic mass is 16.7. The number of aliphatic hydroxyl groups excluding tert-OH is 2. The van der Waals surface area contributed by atoms with Gasteiger partial charge in [0.15, 0.2) is 18.5 Å². The lowest BCUT2D eigenvalue weighted by Gasteiger charge is -2.41. The lowest BCUT2D eigenvalue weighted by molar-refractivity contribution is -0.293. The van der Waals surface area contributed by atoms with Gasteiger partial charge in [-0.2, -0.15) is 0 Å². The summed E-state index contributed by atoms with van der Waals surface area (Å²) in [5, 5.41) is 19.4. The van der Waals surface area contributed by atoms with E-state index in [0.717, 1.165) is 13.8 Å². The first-order chi connectivity index (χ1) is 9.72. The average molecular weight is 306 g/mol. The third-order valence-electron chi connectivity index (χ3n) is 2.69. The molecule has 0 aromatic heterocycles. The van der Waals surface area contributed by atoms with Crippen LogP contribution in [-0.4, -0.2) is 65.4 Å². The highest BCUT2D eigenvalue weighted by molar-refractivity contribution is 5.67. The van der Waals surface area contributed by atoms with Gasteiger partial charge in [0.25, 0.3) is 0 Å². The van der Waals surface area contributed by atoms with Crippen molar-refractivity contribution in [2.45, 2.75) is 51.5 Å². The quantitative estimate of drug-likeness (QED) is 0.470. The molecule has 9 nitrogen and oxygen atoms in total. The summed E-state index contributed by atoms with van der Waals surface area (Å²) in [6.07, 6.45) is -6.92. The van der Waals surface area contributed by atoms with Crippen molar-refractivity contribution in [3.63, 3.8) is 0 Å². The van der Waals surface area contributed by atoms with E-state index in [2.05, 4.69) is 0 Å². The largest absolute Gasteiger partial charge is 0.463 e.